The van der Waals surface area contributed by atoms with Crippen LogP contribution in [0, 0.1) is 38.2 Å². The number of benzene rings is 5. The predicted molar refractivity (Wildman–Crippen MR) is 254 cm³/mol. The maximum absolute atomic E-state index is 12.5. The summed E-state index contributed by atoms with van der Waals surface area (Å²) in [6.07, 6.45) is 1.61. The molecule has 7 rings (SSSR count). The molecule has 0 radical (unpaired) electrons. The molecule has 66 heavy (non-hydrogen) atoms. The van der Waals surface area contributed by atoms with E-state index in [0.29, 0.717) is 25.7 Å². The summed E-state index contributed by atoms with van der Waals surface area (Å²) in [4.78, 5) is 0. The first-order chi connectivity index (χ1) is 29.5. The van der Waals surface area contributed by atoms with Crippen molar-refractivity contribution >= 4 is 24.8 Å². The molecule has 0 nitrogen and oxygen atoms in total. The van der Waals surface area contributed by atoms with E-state index in [2.05, 4.69) is 157 Å². The van der Waals surface area contributed by atoms with Gasteiger partial charge in [-0.25, -0.2) is 6.08 Å². The maximum atomic E-state index is 12.5. The Hall–Kier alpha value is -3.64. The maximum Gasteiger partial charge on any atom is -1.00 e. The standard InChI is InChI=1S/C30H35.C15H8F6.C12H19.2ClH.Zr/c1-18-12-19(2)28(20(3)13-18)26-15-22-14-21-10-11-23(29(4,5)6)16-24(21)25(22)17-27(26)30(7,8)9;16-14(17,18)12-5-1-10(2-6-12)9-11-3-7-13(8-4-11)15(19,20)21;1-5-6-10-7-8-11(9-10)12(2,3)4;;;/h10-17H,1-9H3;1-8H;8-10H,5-6H2,1-4H3;2*1H;/q-1;;-1;;;+2/p-2. The van der Waals surface area contributed by atoms with Crippen molar-refractivity contribution in [1.82, 2.24) is 0 Å². The molecule has 1 unspecified atom stereocenters. The first-order valence-corrected chi connectivity index (χ1v) is 23.2. The van der Waals surface area contributed by atoms with Crippen LogP contribution in [0.25, 0.3) is 32.7 Å². The average molecular weight is 1020 g/mol. The van der Waals surface area contributed by atoms with Crippen molar-refractivity contribution in [3.05, 3.63) is 171 Å². The van der Waals surface area contributed by atoms with Crippen molar-refractivity contribution in [2.45, 2.75) is 126 Å². The average Bonchev–Trinajstić information content (AvgIpc) is 3.81. The van der Waals surface area contributed by atoms with E-state index < -0.39 is 23.5 Å². The summed E-state index contributed by atoms with van der Waals surface area (Å²) < 4.78 is 75.6. The predicted octanol–water partition coefficient (Wildman–Crippen LogP) is 11.5. The zero-order valence-electron chi connectivity index (χ0n) is 40.4. The number of allylic oxidation sites excluding steroid dienone is 4. The smallest absolute Gasteiger partial charge is 1.00 e. The molecule has 1 aliphatic carbocycles. The summed E-state index contributed by atoms with van der Waals surface area (Å²) in [7, 11) is 0. The molecule has 0 N–H and O–H groups in total. The Morgan fingerprint density at radius 1 is 0.591 bits per heavy atom. The van der Waals surface area contributed by atoms with Gasteiger partial charge in [-0.15, -0.1) is 39.7 Å². The molecule has 1 atom stereocenters. The normalized spacial score (nSPS) is 14.1. The van der Waals surface area contributed by atoms with Gasteiger partial charge in [-0.1, -0.05) is 135 Å². The van der Waals surface area contributed by atoms with E-state index >= 15 is 0 Å². The van der Waals surface area contributed by atoms with Gasteiger partial charge >= 0.3 is 137 Å². The number of rotatable bonds is 5. The van der Waals surface area contributed by atoms with Crippen LogP contribution in [0.4, 0.5) is 26.3 Å². The Morgan fingerprint density at radius 2 is 1.06 bits per heavy atom. The van der Waals surface area contributed by atoms with E-state index in [-0.39, 0.29) is 35.6 Å². The third-order valence-electron chi connectivity index (χ3n) is 11.8. The van der Waals surface area contributed by atoms with Gasteiger partial charge in [0.25, 0.3) is 0 Å². The fourth-order valence-electron chi connectivity index (χ4n) is 8.22. The van der Waals surface area contributed by atoms with Gasteiger partial charge in [0.15, 0.2) is 0 Å². The molecule has 0 amide bonds. The number of fused-ring (bicyclic) bond motifs is 3. The Kier molecular flexibility index (Phi) is 18.7. The molecule has 0 aromatic heterocycles. The van der Waals surface area contributed by atoms with E-state index in [1.165, 1.54) is 103 Å². The molecular formula is C57H62Cl2F6Zr-2. The molecule has 0 spiro atoms. The van der Waals surface area contributed by atoms with Crippen molar-refractivity contribution in [2.75, 3.05) is 0 Å². The van der Waals surface area contributed by atoms with Crippen molar-refractivity contribution in [3.63, 3.8) is 0 Å². The minimum Gasteiger partial charge on any atom is -1.00 e. The van der Waals surface area contributed by atoms with E-state index in [9.17, 15) is 26.3 Å². The summed E-state index contributed by atoms with van der Waals surface area (Å²) in [5, 5.41) is 5.45. The Morgan fingerprint density at radius 3 is 1.47 bits per heavy atom. The van der Waals surface area contributed by atoms with Crippen molar-refractivity contribution in [3.8, 4) is 11.1 Å². The van der Waals surface area contributed by atoms with Crippen LogP contribution in [0.5, 0.6) is 0 Å². The Labute approximate surface area is 416 Å². The number of hydrogen-bond donors (Lipinski definition) is 0. The summed E-state index contributed by atoms with van der Waals surface area (Å²) >= 11 is 0.898. The molecule has 6 aromatic rings. The second-order valence-corrected chi connectivity index (χ2v) is 21.5. The van der Waals surface area contributed by atoms with Crippen LogP contribution in [-0.4, -0.2) is 3.21 Å². The third-order valence-corrected chi connectivity index (χ3v) is 13.2. The quantitative estimate of drug-likeness (QED) is 0.119. The summed E-state index contributed by atoms with van der Waals surface area (Å²) in [6.45, 7) is 29.6. The number of alkyl halides is 6. The first-order valence-electron chi connectivity index (χ1n) is 22.0. The summed E-state index contributed by atoms with van der Waals surface area (Å²) in [5.41, 5.74) is 11.2. The van der Waals surface area contributed by atoms with Crippen LogP contribution in [0.3, 0.4) is 0 Å². The zero-order chi connectivity index (χ0) is 47.7. The van der Waals surface area contributed by atoms with Gasteiger partial charge in [-0.05, 0) is 59.4 Å². The molecule has 0 saturated heterocycles. The number of hydrogen-bond acceptors (Lipinski definition) is 0. The van der Waals surface area contributed by atoms with E-state index in [0.717, 1.165) is 48.5 Å². The van der Waals surface area contributed by atoms with Gasteiger partial charge in [-0.3, -0.25) is 6.08 Å². The van der Waals surface area contributed by atoms with Crippen LogP contribution in [0.2, 0.25) is 0 Å². The van der Waals surface area contributed by atoms with E-state index in [4.69, 9.17) is 0 Å². The molecule has 6 aromatic carbocycles. The van der Waals surface area contributed by atoms with Gasteiger partial charge in [0.2, 0.25) is 0 Å². The molecule has 0 fully saturated rings. The molecule has 0 heterocycles. The molecule has 9 heteroatoms. The van der Waals surface area contributed by atoms with Crippen LogP contribution in [-0.2, 0) is 47.4 Å². The zero-order valence-corrected chi connectivity index (χ0v) is 44.4. The number of halogens is 8. The molecular weight excluding hydrogens is 961 g/mol. The summed E-state index contributed by atoms with van der Waals surface area (Å²) in [6, 6.07) is 28.1. The van der Waals surface area contributed by atoms with Crippen molar-refractivity contribution in [1.29, 1.82) is 0 Å². The SMILES string of the molecule is CCCC1[C-]=CC(C(C)(C)C)=C1.Cc1cc(C)c(-c2cc3[cH-]c4ccc(C(C)(C)C)cc4c3cc2C(C)(C)C)c(C)c1.FC(F)(F)c1ccc([C](=[Zr+2])c2ccc(C(F)(F)F)cc2)cc1.[Cl-].[Cl-]. The summed E-state index contributed by atoms with van der Waals surface area (Å²) in [5.74, 6) is 0.587. The fourth-order valence-corrected chi connectivity index (χ4v) is 9.04. The third kappa shape index (κ3) is 14.0. The van der Waals surface area contributed by atoms with E-state index in [1.54, 1.807) is 0 Å². The van der Waals surface area contributed by atoms with Crippen LogP contribution in [0.1, 0.15) is 132 Å². The van der Waals surface area contributed by atoms with Crippen LogP contribution >= 0.6 is 0 Å². The monoisotopic (exact) mass is 1020 g/mol. The van der Waals surface area contributed by atoms with E-state index in [1.807, 2.05) is 0 Å². The second kappa shape index (κ2) is 21.8. The van der Waals surface area contributed by atoms with Gasteiger partial charge in [0.1, 0.15) is 0 Å². The second-order valence-electron chi connectivity index (χ2n) is 20.3. The number of aryl methyl sites for hydroxylation is 3. The minimum absolute atomic E-state index is 0. The topological polar surface area (TPSA) is 0 Å². The molecule has 0 saturated carbocycles. The Bertz CT molecular complexity index is 2590. The minimum atomic E-state index is -4.41. The van der Waals surface area contributed by atoms with Crippen LogP contribution < -0.4 is 24.8 Å². The van der Waals surface area contributed by atoms with Crippen LogP contribution in [0.15, 0.2) is 115 Å². The molecule has 0 aliphatic heterocycles. The van der Waals surface area contributed by atoms with Crippen molar-refractivity contribution in [2.24, 2.45) is 11.3 Å². The molecule has 1 aliphatic rings. The van der Waals surface area contributed by atoms with Gasteiger partial charge in [0.05, 0.1) is 0 Å². The molecule has 0 bridgehead atoms. The Balaban J connectivity index is 0.000000282. The fraction of sp³-hybridized carbons (Fsp3) is 0.368. The molecule has 352 valence electrons. The van der Waals surface area contributed by atoms with Gasteiger partial charge in [0, 0.05) is 0 Å². The van der Waals surface area contributed by atoms with Gasteiger partial charge < -0.3 is 24.8 Å². The largest absolute Gasteiger partial charge is 1.00 e. The van der Waals surface area contributed by atoms with Gasteiger partial charge in [-0.2, -0.15) is 11.6 Å². The first kappa shape index (κ1) is 56.7. The van der Waals surface area contributed by atoms with Crippen molar-refractivity contribution < 1.29 is 75.4 Å².